The molecule has 0 radical (unpaired) electrons. The standard InChI is InChI=1S/C31H35NO8/c1-7-39-30(34)25-17(3)32-22-16-21(18-10-9-11-20(14-18)36-4)27(31(35)40-8-2)29(33)28(22)26(25)19-12-13-23(37-5)24(15-19)38-6/h9-15,21,26-27,32H,7-8,16H2,1-6H3/t21-,26-,27+/m0/s1. The van der Waals surface area contributed by atoms with Gasteiger partial charge in [-0.15, -0.1) is 0 Å². The van der Waals surface area contributed by atoms with Gasteiger partial charge in [0.2, 0.25) is 0 Å². The van der Waals surface area contributed by atoms with Crippen LogP contribution >= 0.6 is 0 Å². The molecule has 4 rings (SSSR count). The molecule has 1 N–H and O–H groups in total. The van der Waals surface area contributed by atoms with E-state index in [-0.39, 0.29) is 13.2 Å². The van der Waals surface area contributed by atoms with Gasteiger partial charge >= 0.3 is 11.9 Å². The fraction of sp³-hybridized carbons (Fsp3) is 0.387. The Balaban J connectivity index is 1.93. The molecule has 0 bridgehead atoms. The van der Waals surface area contributed by atoms with E-state index in [0.717, 1.165) is 5.56 Å². The van der Waals surface area contributed by atoms with Gasteiger partial charge in [-0.25, -0.2) is 4.79 Å². The molecule has 2 aromatic rings. The topological polar surface area (TPSA) is 109 Å². The van der Waals surface area contributed by atoms with Crippen molar-refractivity contribution in [3.05, 3.63) is 76.1 Å². The molecule has 1 aliphatic heterocycles. The highest BCUT2D eigenvalue weighted by Crippen LogP contribution is 2.49. The third-order valence-electron chi connectivity index (χ3n) is 7.32. The van der Waals surface area contributed by atoms with Crippen LogP contribution in [0, 0.1) is 5.92 Å². The average Bonchev–Trinajstić information content (AvgIpc) is 2.96. The van der Waals surface area contributed by atoms with Gasteiger partial charge in [0.25, 0.3) is 0 Å². The van der Waals surface area contributed by atoms with E-state index in [1.54, 1.807) is 46.1 Å². The number of ketones is 1. The van der Waals surface area contributed by atoms with Crippen molar-refractivity contribution in [2.75, 3.05) is 34.5 Å². The second-order valence-electron chi connectivity index (χ2n) is 9.51. The molecule has 0 aromatic heterocycles. The van der Waals surface area contributed by atoms with Crippen LogP contribution < -0.4 is 19.5 Å². The molecule has 0 saturated heterocycles. The van der Waals surface area contributed by atoms with Crippen molar-refractivity contribution in [3.8, 4) is 17.2 Å². The number of rotatable bonds is 9. The normalized spacial score (nSPS) is 20.4. The monoisotopic (exact) mass is 549 g/mol. The predicted octanol–water partition coefficient (Wildman–Crippen LogP) is 4.43. The third-order valence-corrected chi connectivity index (χ3v) is 7.32. The third kappa shape index (κ3) is 5.28. The van der Waals surface area contributed by atoms with Crippen molar-refractivity contribution in [1.29, 1.82) is 0 Å². The molecule has 0 amide bonds. The highest BCUT2D eigenvalue weighted by molar-refractivity contribution is 6.13. The molecule has 3 atom stereocenters. The number of ether oxygens (including phenoxy) is 5. The second kappa shape index (κ2) is 12.3. The Morgan fingerprint density at radius 3 is 2.27 bits per heavy atom. The van der Waals surface area contributed by atoms with Crippen molar-refractivity contribution in [1.82, 2.24) is 5.32 Å². The number of methoxy groups -OCH3 is 3. The van der Waals surface area contributed by atoms with Gasteiger partial charge in [-0.05, 0) is 62.6 Å². The molecule has 2 aromatic carbocycles. The van der Waals surface area contributed by atoms with Gasteiger partial charge in [0, 0.05) is 28.8 Å². The minimum absolute atomic E-state index is 0.129. The van der Waals surface area contributed by atoms with Crippen LogP contribution in [0.4, 0.5) is 0 Å². The lowest BCUT2D eigenvalue weighted by Crippen LogP contribution is -2.43. The largest absolute Gasteiger partial charge is 0.497 e. The van der Waals surface area contributed by atoms with Crippen LogP contribution in [0.5, 0.6) is 17.2 Å². The van der Waals surface area contributed by atoms with Crippen LogP contribution in [0.3, 0.4) is 0 Å². The Labute approximate surface area is 234 Å². The lowest BCUT2D eigenvalue weighted by Gasteiger charge is -2.39. The lowest BCUT2D eigenvalue weighted by atomic mass is 9.67. The minimum Gasteiger partial charge on any atom is -0.497 e. The van der Waals surface area contributed by atoms with Crippen molar-refractivity contribution in [2.45, 2.75) is 39.0 Å². The number of dihydropyridines is 1. The van der Waals surface area contributed by atoms with Crippen LogP contribution in [0.25, 0.3) is 0 Å². The second-order valence-corrected chi connectivity index (χ2v) is 9.51. The van der Waals surface area contributed by atoms with Gasteiger partial charge in [0.15, 0.2) is 17.3 Å². The summed E-state index contributed by atoms with van der Waals surface area (Å²) in [4.78, 5) is 41.1. The summed E-state index contributed by atoms with van der Waals surface area (Å²) >= 11 is 0. The molecule has 212 valence electrons. The maximum atomic E-state index is 14.4. The Bertz CT molecular complexity index is 1380. The van der Waals surface area contributed by atoms with E-state index in [1.165, 1.54) is 14.2 Å². The summed E-state index contributed by atoms with van der Waals surface area (Å²) in [5.74, 6) is -2.41. The van der Waals surface area contributed by atoms with Crippen LogP contribution in [-0.4, -0.2) is 52.3 Å². The van der Waals surface area contributed by atoms with E-state index in [9.17, 15) is 14.4 Å². The van der Waals surface area contributed by atoms with E-state index in [2.05, 4.69) is 5.32 Å². The molecule has 1 aliphatic carbocycles. The number of hydrogen-bond donors (Lipinski definition) is 1. The molecule has 0 saturated carbocycles. The molecule has 0 unspecified atom stereocenters. The van der Waals surface area contributed by atoms with E-state index >= 15 is 0 Å². The van der Waals surface area contributed by atoms with E-state index < -0.39 is 35.5 Å². The van der Waals surface area contributed by atoms with Gasteiger partial charge in [-0.1, -0.05) is 18.2 Å². The number of carbonyl (C=O) groups excluding carboxylic acids is 3. The van der Waals surface area contributed by atoms with E-state index in [4.69, 9.17) is 23.7 Å². The number of Topliss-reactive ketones (excluding diaryl/α,β-unsaturated/α-hetero) is 1. The summed E-state index contributed by atoms with van der Waals surface area (Å²) in [6, 6.07) is 12.6. The molecule has 1 heterocycles. The number of nitrogens with one attached hydrogen (secondary N) is 1. The minimum atomic E-state index is -1.11. The van der Waals surface area contributed by atoms with E-state index in [0.29, 0.717) is 51.8 Å². The zero-order valence-corrected chi connectivity index (χ0v) is 23.7. The van der Waals surface area contributed by atoms with E-state index in [1.807, 2.05) is 24.3 Å². The number of allylic oxidation sites excluding steroid dienone is 3. The number of carbonyl (C=O) groups is 3. The predicted molar refractivity (Wildman–Crippen MR) is 147 cm³/mol. The van der Waals surface area contributed by atoms with Crippen LogP contribution in [-0.2, 0) is 23.9 Å². The molecular weight excluding hydrogens is 514 g/mol. The smallest absolute Gasteiger partial charge is 0.336 e. The number of esters is 2. The van der Waals surface area contributed by atoms with Gasteiger partial charge < -0.3 is 29.0 Å². The van der Waals surface area contributed by atoms with Gasteiger partial charge in [0.05, 0.1) is 40.1 Å². The molecular formula is C31H35NO8. The van der Waals surface area contributed by atoms with Crippen LogP contribution in [0.1, 0.15) is 50.2 Å². The lowest BCUT2D eigenvalue weighted by molar-refractivity contribution is -0.152. The summed E-state index contributed by atoms with van der Waals surface area (Å²) in [6.07, 6.45) is 0.342. The SMILES string of the molecule is CCOC(=O)C1=C(C)NC2=C(C(=O)[C@H](C(=O)OCC)[C@H](c3cccc(OC)c3)C2)[C@H]1c1ccc(OC)c(OC)c1. The Hall–Kier alpha value is -4.27. The molecule has 9 nitrogen and oxygen atoms in total. The first-order valence-electron chi connectivity index (χ1n) is 13.2. The molecule has 0 fully saturated rings. The van der Waals surface area contributed by atoms with Gasteiger partial charge in [-0.3, -0.25) is 9.59 Å². The van der Waals surface area contributed by atoms with Crippen LogP contribution in [0.15, 0.2) is 65.0 Å². The number of hydrogen-bond acceptors (Lipinski definition) is 9. The summed E-state index contributed by atoms with van der Waals surface area (Å²) in [7, 11) is 4.61. The van der Waals surface area contributed by atoms with Crippen molar-refractivity contribution in [2.24, 2.45) is 5.92 Å². The molecule has 40 heavy (non-hydrogen) atoms. The zero-order valence-electron chi connectivity index (χ0n) is 23.7. The molecule has 0 spiro atoms. The van der Waals surface area contributed by atoms with Crippen molar-refractivity contribution >= 4 is 17.7 Å². The summed E-state index contributed by atoms with van der Waals surface area (Å²) in [6.45, 7) is 5.50. The first-order valence-corrected chi connectivity index (χ1v) is 13.2. The van der Waals surface area contributed by atoms with Crippen molar-refractivity contribution in [3.63, 3.8) is 0 Å². The highest BCUT2D eigenvalue weighted by atomic mass is 16.5. The molecule has 2 aliphatic rings. The summed E-state index contributed by atoms with van der Waals surface area (Å²) < 4.78 is 27.2. The maximum Gasteiger partial charge on any atom is 0.336 e. The quantitative estimate of drug-likeness (QED) is 0.359. The van der Waals surface area contributed by atoms with Crippen molar-refractivity contribution < 1.29 is 38.1 Å². The Kier molecular flexibility index (Phi) is 8.82. The average molecular weight is 550 g/mol. The summed E-state index contributed by atoms with van der Waals surface area (Å²) in [5, 5.41) is 3.31. The first kappa shape index (κ1) is 28.7. The number of benzene rings is 2. The Morgan fingerprint density at radius 2 is 1.62 bits per heavy atom. The van der Waals surface area contributed by atoms with Crippen LogP contribution in [0.2, 0.25) is 0 Å². The fourth-order valence-electron chi connectivity index (χ4n) is 5.57. The Morgan fingerprint density at radius 1 is 0.900 bits per heavy atom. The van der Waals surface area contributed by atoms with Gasteiger partial charge in [0.1, 0.15) is 11.7 Å². The fourth-order valence-corrected chi connectivity index (χ4v) is 5.57. The van der Waals surface area contributed by atoms with Gasteiger partial charge in [-0.2, -0.15) is 0 Å². The molecule has 9 heteroatoms. The first-order chi connectivity index (χ1) is 19.3. The zero-order chi connectivity index (χ0) is 29.0. The highest BCUT2D eigenvalue weighted by Gasteiger charge is 2.49. The summed E-state index contributed by atoms with van der Waals surface area (Å²) in [5.41, 5.74) is 3.25. The maximum absolute atomic E-state index is 14.4.